The van der Waals surface area contributed by atoms with Gasteiger partial charge < -0.3 is 14.6 Å². The molecule has 1 N–H and O–H groups in total. The van der Waals surface area contributed by atoms with E-state index in [0.29, 0.717) is 0 Å². The normalized spacial score (nSPS) is 13.6. The SMILES string of the molecule is CCCCCCCCc1cccc(Oc2ccccc2Oc2cccc(CCCCCCCC)c2)c1.O=C(O)C1C=CC=CC1=O. The molecule has 4 rings (SSSR count). The number of aliphatic carboxylic acids is 1. The second kappa shape index (κ2) is 21.6. The third-order valence-corrected chi connectivity index (χ3v) is 7.99. The van der Waals surface area contributed by atoms with Gasteiger partial charge in [-0.3, -0.25) is 9.59 Å². The van der Waals surface area contributed by atoms with Crippen LogP contribution in [0.4, 0.5) is 0 Å². The number of allylic oxidation sites excluding steroid dienone is 3. The topological polar surface area (TPSA) is 72.8 Å². The van der Waals surface area contributed by atoms with Crippen LogP contribution in [0.25, 0.3) is 0 Å². The van der Waals surface area contributed by atoms with Crippen molar-refractivity contribution in [1.82, 2.24) is 0 Å². The molecule has 0 saturated heterocycles. The molecule has 1 atom stereocenters. The number of carbonyl (C=O) groups excluding carboxylic acids is 1. The van der Waals surface area contributed by atoms with Gasteiger partial charge in [0.05, 0.1) is 0 Å². The quantitative estimate of drug-likeness (QED) is 0.106. The van der Waals surface area contributed by atoms with Gasteiger partial charge >= 0.3 is 5.97 Å². The highest BCUT2D eigenvalue weighted by Crippen LogP contribution is 2.35. The zero-order chi connectivity index (χ0) is 32.8. The molecule has 0 aliphatic heterocycles. The number of rotatable bonds is 19. The number of benzene rings is 3. The molecule has 246 valence electrons. The number of hydrogen-bond acceptors (Lipinski definition) is 4. The predicted molar refractivity (Wildman–Crippen MR) is 188 cm³/mol. The maximum absolute atomic E-state index is 10.7. The first-order chi connectivity index (χ1) is 22.5. The van der Waals surface area contributed by atoms with Crippen LogP contribution in [0.2, 0.25) is 0 Å². The first-order valence-corrected chi connectivity index (χ1v) is 17.2. The highest BCUT2D eigenvalue weighted by atomic mass is 16.5. The largest absolute Gasteiger partial charge is 0.480 e. The Morgan fingerprint density at radius 3 is 1.54 bits per heavy atom. The summed E-state index contributed by atoms with van der Waals surface area (Å²) in [6, 6.07) is 25.0. The lowest BCUT2D eigenvalue weighted by molar-refractivity contribution is -0.143. The molecule has 1 unspecified atom stereocenters. The summed E-state index contributed by atoms with van der Waals surface area (Å²) in [5, 5.41) is 8.40. The van der Waals surface area contributed by atoms with Crippen molar-refractivity contribution in [2.75, 3.05) is 0 Å². The van der Waals surface area contributed by atoms with Gasteiger partial charge in [0, 0.05) is 0 Å². The average Bonchev–Trinajstić information content (AvgIpc) is 3.06. The van der Waals surface area contributed by atoms with E-state index in [-0.39, 0.29) is 5.78 Å². The Morgan fingerprint density at radius 1 is 0.630 bits per heavy atom. The van der Waals surface area contributed by atoms with Gasteiger partial charge in [-0.05, 0) is 79.3 Å². The van der Waals surface area contributed by atoms with Crippen molar-refractivity contribution < 1.29 is 24.2 Å². The van der Waals surface area contributed by atoms with Crippen molar-refractivity contribution in [3.8, 4) is 23.0 Å². The maximum atomic E-state index is 10.7. The van der Waals surface area contributed by atoms with Crippen LogP contribution in [0.1, 0.15) is 102 Å². The van der Waals surface area contributed by atoms with Gasteiger partial charge in [0.1, 0.15) is 17.4 Å². The summed E-state index contributed by atoms with van der Waals surface area (Å²) in [6.07, 6.45) is 23.7. The smallest absolute Gasteiger partial charge is 0.318 e. The fourth-order valence-corrected chi connectivity index (χ4v) is 5.35. The highest BCUT2D eigenvalue weighted by molar-refractivity contribution is 6.07. The van der Waals surface area contributed by atoms with E-state index in [1.54, 1.807) is 6.08 Å². The van der Waals surface area contributed by atoms with Crippen LogP contribution in [0.5, 0.6) is 23.0 Å². The van der Waals surface area contributed by atoms with Crippen molar-refractivity contribution in [3.05, 3.63) is 108 Å². The summed E-state index contributed by atoms with van der Waals surface area (Å²) >= 11 is 0. The van der Waals surface area contributed by atoms with Crippen molar-refractivity contribution in [3.63, 3.8) is 0 Å². The van der Waals surface area contributed by atoms with E-state index in [9.17, 15) is 9.59 Å². The van der Waals surface area contributed by atoms with E-state index < -0.39 is 11.9 Å². The highest BCUT2D eigenvalue weighted by Gasteiger charge is 2.21. The minimum absolute atomic E-state index is 0.366. The fraction of sp³-hybridized carbons (Fsp3) is 0.415. The summed E-state index contributed by atoms with van der Waals surface area (Å²) in [6.45, 7) is 4.53. The summed E-state index contributed by atoms with van der Waals surface area (Å²) in [5.74, 6) is 0.800. The second-order valence-corrected chi connectivity index (χ2v) is 11.9. The second-order valence-electron chi connectivity index (χ2n) is 11.9. The lowest BCUT2D eigenvalue weighted by Gasteiger charge is -2.13. The van der Waals surface area contributed by atoms with E-state index in [1.807, 2.05) is 36.4 Å². The lowest BCUT2D eigenvalue weighted by atomic mass is 10.0. The zero-order valence-corrected chi connectivity index (χ0v) is 27.8. The van der Waals surface area contributed by atoms with Crippen molar-refractivity contribution >= 4 is 11.8 Å². The van der Waals surface area contributed by atoms with Crippen molar-refractivity contribution in [2.24, 2.45) is 5.92 Å². The van der Waals surface area contributed by atoms with Gasteiger partial charge in [0.2, 0.25) is 0 Å². The van der Waals surface area contributed by atoms with Crippen molar-refractivity contribution in [1.29, 1.82) is 0 Å². The maximum Gasteiger partial charge on any atom is 0.318 e. The molecule has 3 aromatic rings. The van der Waals surface area contributed by atoms with E-state index in [0.717, 1.165) is 35.8 Å². The number of carboxylic acids is 1. The predicted octanol–water partition coefficient (Wildman–Crippen LogP) is 11.5. The summed E-state index contributed by atoms with van der Waals surface area (Å²) in [7, 11) is 0. The first-order valence-electron chi connectivity index (χ1n) is 17.2. The number of aryl methyl sites for hydroxylation is 2. The van der Waals surface area contributed by atoms with E-state index in [4.69, 9.17) is 14.6 Å². The van der Waals surface area contributed by atoms with Crippen LogP contribution in [0.3, 0.4) is 0 Å². The molecule has 46 heavy (non-hydrogen) atoms. The van der Waals surface area contributed by atoms with Gasteiger partial charge in [0.15, 0.2) is 17.3 Å². The number of carbonyl (C=O) groups is 2. The molecular weight excluding hydrogens is 572 g/mol. The molecule has 0 radical (unpaired) electrons. The van der Waals surface area contributed by atoms with Crippen LogP contribution in [-0.4, -0.2) is 16.9 Å². The van der Waals surface area contributed by atoms with Crippen molar-refractivity contribution in [2.45, 2.75) is 104 Å². The molecule has 0 fully saturated rings. The molecular formula is C41H52O5. The molecule has 0 saturated carbocycles. The molecule has 0 aromatic heterocycles. The molecule has 1 aliphatic rings. The van der Waals surface area contributed by atoms with Crippen LogP contribution in [0.15, 0.2) is 97.1 Å². The molecule has 5 heteroatoms. The minimum atomic E-state index is -1.09. The van der Waals surface area contributed by atoms with Gasteiger partial charge in [-0.25, -0.2) is 0 Å². The number of ketones is 1. The number of ether oxygens (including phenoxy) is 2. The molecule has 1 aliphatic carbocycles. The molecule has 0 amide bonds. The Kier molecular flexibility index (Phi) is 17.1. The Hall–Kier alpha value is -4.12. The molecule has 3 aromatic carbocycles. The lowest BCUT2D eigenvalue weighted by Crippen LogP contribution is -2.21. The number of carboxylic acid groups (broad SMARTS) is 1. The zero-order valence-electron chi connectivity index (χ0n) is 27.8. The summed E-state index contributed by atoms with van der Waals surface area (Å²) < 4.78 is 12.6. The van der Waals surface area contributed by atoms with E-state index in [1.165, 1.54) is 106 Å². The van der Waals surface area contributed by atoms with Gasteiger partial charge in [-0.2, -0.15) is 0 Å². The Labute approximate surface area is 276 Å². The van der Waals surface area contributed by atoms with Crippen LogP contribution in [0, 0.1) is 5.92 Å². The number of unbranched alkanes of at least 4 members (excludes halogenated alkanes) is 10. The van der Waals surface area contributed by atoms with Gasteiger partial charge in [-0.1, -0.05) is 133 Å². The van der Waals surface area contributed by atoms with Crippen LogP contribution >= 0.6 is 0 Å². The molecule has 5 nitrogen and oxygen atoms in total. The Morgan fingerprint density at radius 2 is 1.11 bits per heavy atom. The van der Waals surface area contributed by atoms with Crippen LogP contribution in [-0.2, 0) is 22.4 Å². The van der Waals surface area contributed by atoms with Crippen LogP contribution < -0.4 is 9.47 Å². The average molecular weight is 625 g/mol. The number of para-hydroxylation sites is 2. The standard InChI is InChI=1S/C34H46O2.C7H6O3/c1-3-5-7-9-11-13-19-29-21-17-23-31(27-29)35-33-25-15-16-26-34(33)36-32-24-18-22-30(28-32)20-14-12-10-8-6-4-2;8-6-4-2-1-3-5(6)7(9)10/h15-18,21-28H,3-14,19-20H2,1-2H3;1-5H,(H,9,10). The Balaban J connectivity index is 0.000000489. The Bertz CT molecular complexity index is 1310. The summed E-state index contributed by atoms with van der Waals surface area (Å²) in [5.41, 5.74) is 2.67. The third kappa shape index (κ3) is 13.9. The molecule has 0 bridgehead atoms. The molecule has 0 spiro atoms. The van der Waals surface area contributed by atoms with E-state index >= 15 is 0 Å². The minimum Gasteiger partial charge on any atom is -0.480 e. The van der Waals surface area contributed by atoms with Gasteiger partial charge in [0.25, 0.3) is 0 Å². The fourth-order valence-electron chi connectivity index (χ4n) is 5.35. The number of hydrogen-bond donors (Lipinski definition) is 1. The summed E-state index contributed by atoms with van der Waals surface area (Å²) in [4.78, 5) is 21.0. The van der Waals surface area contributed by atoms with E-state index in [2.05, 4.69) is 50.2 Å². The monoisotopic (exact) mass is 624 g/mol. The third-order valence-electron chi connectivity index (χ3n) is 7.99. The molecule has 0 heterocycles. The van der Waals surface area contributed by atoms with Gasteiger partial charge in [-0.15, -0.1) is 0 Å². The first kappa shape index (κ1) is 36.3.